The van der Waals surface area contributed by atoms with E-state index in [1.54, 1.807) is 0 Å². The van der Waals surface area contributed by atoms with E-state index in [4.69, 9.17) is 11.6 Å². The standard InChI is InChI=1S/C11H7ClF4N2/c1-5-2-6(7(12)3-8(5)13)9-4-10(18-17-9)11(14,15)16/h2-4H,1H3,(H,17,18). The lowest BCUT2D eigenvalue weighted by Gasteiger charge is -2.03. The minimum Gasteiger partial charge on any atom is -0.273 e. The Morgan fingerprint density at radius 1 is 1.22 bits per heavy atom. The molecule has 2 nitrogen and oxygen atoms in total. The van der Waals surface area contributed by atoms with Gasteiger partial charge >= 0.3 is 6.18 Å². The van der Waals surface area contributed by atoms with E-state index in [2.05, 4.69) is 5.10 Å². The molecule has 0 radical (unpaired) electrons. The van der Waals surface area contributed by atoms with Crippen LogP contribution in [0.3, 0.4) is 0 Å². The molecule has 0 fully saturated rings. The average Bonchev–Trinajstić information content (AvgIpc) is 2.72. The third-order valence-corrected chi connectivity index (χ3v) is 2.72. The molecule has 0 aliphatic carbocycles. The third kappa shape index (κ3) is 2.33. The van der Waals surface area contributed by atoms with Crippen molar-refractivity contribution in [3.63, 3.8) is 0 Å². The molecule has 1 aromatic heterocycles. The van der Waals surface area contributed by atoms with E-state index < -0.39 is 17.7 Å². The van der Waals surface area contributed by atoms with Crippen molar-refractivity contribution in [2.45, 2.75) is 13.1 Å². The lowest BCUT2D eigenvalue weighted by Crippen LogP contribution is -2.04. The number of hydrogen-bond donors (Lipinski definition) is 1. The molecule has 1 N–H and O–H groups in total. The largest absolute Gasteiger partial charge is 0.432 e. The van der Waals surface area contributed by atoms with Crippen LogP contribution in [0, 0.1) is 12.7 Å². The van der Waals surface area contributed by atoms with Crippen LogP contribution in [0.15, 0.2) is 18.2 Å². The molecule has 0 spiro atoms. The molecule has 0 bridgehead atoms. The zero-order chi connectivity index (χ0) is 13.5. The van der Waals surface area contributed by atoms with Crippen LogP contribution in [0.4, 0.5) is 17.6 Å². The third-order valence-electron chi connectivity index (χ3n) is 2.41. The van der Waals surface area contributed by atoms with Gasteiger partial charge in [-0.15, -0.1) is 0 Å². The molecule has 1 heterocycles. The van der Waals surface area contributed by atoms with Gasteiger partial charge < -0.3 is 0 Å². The normalized spacial score (nSPS) is 11.9. The molecule has 18 heavy (non-hydrogen) atoms. The number of H-pyrrole nitrogens is 1. The van der Waals surface area contributed by atoms with Gasteiger partial charge in [-0.2, -0.15) is 18.3 Å². The predicted molar refractivity (Wildman–Crippen MR) is 58.7 cm³/mol. The van der Waals surface area contributed by atoms with Gasteiger partial charge in [0.1, 0.15) is 11.5 Å². The maximum Gasteiger partial charge on any atom is 0.432 e. The molecule has 0 atom stereocenters. The number of nitrogens with one attached hydrogen (secondary N) is 1. The Kier molecular flexibility index (Phi) is 3.06. The van der Waals surface area contributed by atoms with Gasteiger partial charge in [0.2, 0.25) is 0 Å². The van der Waals surface area contributed by atoms with Gasteiger partial charge in [0, 0.05) is 5.56 Å². The summed E-state index contributed by atoms with van der Waals surface area (Å²) < 4.78 is 50.4. The van der Waals surface area contributed by atoms with E-state index in [0.717, 1.165) is 12.1 Å². The van der Waals surface area contributed by atoms with Crippen LogP contribution < -0.4 is 0 Å². The van der Waals surface area contributed by atoms with E-state index in [-0.39, 0.29) is 21.8 Å². The minimum atomic E-state index is -4.51. The van der Waals surface area contributed by atoms with E-state index in [9.17, 15) is 17.6 Å². The number of benzene rings is 1. The second kappa shape index (κ2) is 4.28. The summed E-state index contributed by atoms with van der Waals surface area (Å²) in [6.45, 7) is 1.49. The van der Waals surface area contributed by atoms with Crippen LogP contribution in [-0.4, -0.2) is 10.2 Å². The van der Waals surface area contributed by atoms with Crippen LogP contribution in [-0.2, 0) is 6.18 Å². The maximum absolute atomic E-state index is 13.2. The molecule has 0 saturated heterocycles. The molecule has 2 rings (SSSR count). The summed E-state index contributed by atoms with van der Waals surface area (Å²) in [6.07, 6.45) is -4.51. The number of aromatic nitrogens is 2. The number of alkyl halides is 3. The van der Waals surface area contributed by atoms with Gasteiger partial charge in [0.15, 0.2) is 0 Å². The zero-order valence-electron chi connectivity index (χ0n) is 9.07. The number of nitrogens with zero attached hydrogens (tertiary/aromatic N) is 1. The second-order valence-electron chi connectivity index (χ2n) is 3.75. The summed E-state index contributed by atoms with van der Waals surface area (Å²) >= 11 is 5.78. The first-order valence-electron chi connectivity index (χ1n) is 4.87. The van der Waals surface area contributed by atoms with Gasteiger partial charge in [0.05, 0.1) is 10.7 Å². The highest BCUT2D eigenvalue weighted by atomic mass is 35.5. The molecule has 1 aromatic carbocycles. The highest BCUT2D eigenvalue weighted by Crippen LogP contribution is 2.33. The fourth-order valence-corrected chi connectivity index (χ4v) is 1.71. The summed E-state index contributed by atoms with van der Waals surface area (Å²) in [6, 6.07) is 3.24. The topological polar surface area (TPSA) is 28.7 Å². The van der Waals surface area contributed by atoms with Crippen molar-refractivity contribution in [1.29, 1.82) is 0 Å². The zero-order valence-corrected chi connectivity index (χ0v) is 9.83. The molecule has 0 saturated carbocycles. The number of aromatic amines is 1. The van der Waals surface area contributed by atoms with Crippen molar-refractivity contribution >= 4 is 11.6 Å². The Labute approximate surface area is 105 Å². The fourth-order valence-electron chi connectivity index (χ4n) is 1.46. The monoisotopic (exact) mass is 278 g/mol. The van der Waals surface area contributed by atoms with Crippen molar-refractivity contribution in [2.75, 3.05) is 0 Å². The Morgan fingerprint density at radius 3 is 2.44 bits per heavy atom. The van der Waals surface area contributed by atoms with Crippen molar-refractivity contribution in [3.05, 3.63) is 40.3 Å². The summed E-state index contributed by atoms with van der Waals surface area (Å²) in [5, 5.41) is 5.42. The first kappa shape index (κ1) is 12.9. The Bertz CT molecular complexity index is 589. The number of aryl methyl sites for hydroxylation is 1. The first-order chi connectivity index (χ1) is 8.29. The molecule has 2 aromatic rings. The van der Waals surface area contributed by atoms with Crippen molar-refractivity contribution < 1.29 is 17.6 Å². The second-order valence-corrected chi connectivity index (χ2v) is 4.15. The molecule has 7 heteroatoms. The van der Waals surface area contributed by atoms with Crippen molar-refractivity contribution in [1.82, 2.24) is 10.2 Å². The van der Waals surface area contributed by atoms with Gasteiger partial charge in [0.25, 0.3) is 0 Å². The van der Waals surface area contributed by atoms with E-state index >= 15 is 0 Å². The number of halogens is 5. The molecule has 96 valence electrons. The first-order valence-corrected chi connectivity index (χ1v) is 5.25. The highest BCUT2D eigenvalue weighted by molar-refractivity contribution is 6.33. The van der Waals surface area contributed by atoms with Crippen molar-refractivity contribution in [2.24, 2.45) is 0 Å². The molecular formula is C11H7ClF4N2. The summed E-state index contributed by atoms with van der Waals surface area (Å²) in [5.74, 6) is -0.518. The smallest absolute Gasteiger partial charge is 0.273 e. The summed E-state index contributed by atoms with van der Waals surface area (Å²) in [5.41, 5.74) is -0.417. The van der Waals surface area contributed by atoms with Gasteiger partial charge in [-0.3, -0.25) is 5.10 Å². The summed E-state index contributed by atoms with van der Waals surface area (Å²) in [7, 11) is 0. The molecular weight excluding hydrogens is 272 g/mol. The van der Waals surface area contributed by atoms with Crippen LogP contribution in [0.5, 0.6) is 0 Å². The van der Waals surface area contributed by atoms with Crippen LogP contribution in [0.1, 0.15) is 11.3 Å². The Balaban J connectivity index is 2.50. The molecule has 0 aliphatic rings. The molecule has 0 aliphatic heterocycles. The lowest BCUT2D eigenvalue weighted by molar-refractivity contribution is -0.141. The Morgan fingerprint density at radius 2 is 1.89 bits per heavy atom. The van der Waals surface area contributed by atoms with E-state index in [1.165, 1.54) is 13.0 Å². The average molecular weight is 279 g/mol. The molecule has 0 unspecified atom stereocenters. The minimum absolute atomic E-state index is 0.0123. The summed E-state index contributed by atoms with van der Waals surface area (Å²) in [4.78, 5) is 0. The lowest BCUT2D eigenvalue weighted by atomic mass is 10.1. The maximum atomic E-state index is 13.2. The van der Waals surface area contributed by atoms with Gasteiger partial charge in [-0.05, 0) is 30.7 Å². The van der Waals surface area contributed by atoms with Gasteiger partial charge in [-0.25, -0.2) is 4.39 Å². The fraction of sp³-hybridized carbons (Fsp3) is 0.182. The molecule has 0 amide bonds. The van der Waals surface area contributed by atoms with Crippen LogP contribution in [0.2, 0.25) is 5.02 Å². The van der Waals surface area contributed by atoms with E-state index in [0.29, 0.717) is 0 Å². The van der Waals surface area contributed by atoms with Crippen molar-refractivity contribution in [3.8, 4) is 11.3 Å². The van der Waals surface area contributed by atoms with Gasteiger partial charge in [-0.1, -0.05) is 11.6 Å². The SMILES string of the molecule is Cc1cc(-c2cc(C(F)(F)F)[nH]n2)c(Cl)cc1F. The number of rotatable bonds is 1. The van der Waals surface area contributed by atoms with Crippen LogP contribution >= 0.6 is 11.6 Å². The van der Waals surface area contributed by atoms with Crippen LogP contribution in [0.25, 0.3) is 11.3 Å². The van der Waals surface area contributed by atoms with E-state index in [1.807, 2.05) is 5.10 Å². The quantitative estimate of drug-likeness (QED) is 0.778. The Hall–Kier alpha value is -1.56. The number of hydrogen-bond acceptors (Lipinski definition) is 1. The highest BCUT2D eigenvalue weighted by Gasteiger charge is 2.33. The predicted octanol–water partition coefficient (Wildman–Crippen LogP) is 4.20.